The summed E-state index contributed by atoms with van der Waals surface area (Å²) >= 11 is 0. The molecule has 0 rings (SSSR count). The summed E-state index contributed by atoms with van der Waals surface area (Å²) in [4.78, 5) is 0. The van der Waals surface area contributed by atoms with Crippen molar-refractivity contribution in [3.8, 4) is 0 Å². The third-order valence-corrected chi connectivity index (χ3v) is 0. The Kier molecular flexibility index (Phi) is 136000. The normalized spacial score (nSPS) is 0.750. The van der Waals surface area contributed by atoms with Crippen molar-refractivity contribution >= 4 is 0 Å². The topological polar surface area (TPSA) is 110 Å². The summed E-state index contributed by atoms with van der Waals surface area (Å²) in [6, 6.07) is 0. The molecule has 0 spiro atoms. The molecule has 0 saturated heterocycles. The van der Waals surface area contributed by atoms with Crippen molar-refractivity contribution in [1.29, 1.82) is 0 Å². The monoisotopic (exact) mass is 148 g/mol. The van der Waals surface area contributed by atoms with Gasteiger partial charge in [0.25, 0.3) is 0 Å². The third kappa shape index (κ3) is 597. The quantitative estimate of drug-likeness (QED) is 0.233. The van der Waals surface area contributed by atoms with E-state index in [2.05, 4.69) is 0 Å². The predicted octanol–water partition coefficient (Wildman–Crippen LogP) is 0.951. The van der Waals surface area contributed by atoms with E-state index in [-0.39, 0.29) is 31.1 Å². The molecule has 8 N–H and O–H groups in total. The maximum absolute atomic E-state index is 6.00. The van der Waals surface area contributed by atoms with Gasteiger partial charge in [0.1, 0.15) is 0 Å². The molecule has 62 valence electrons. The molecule has 0 aromatic carbocycles. The smallest absolute Gasteiger partial charge is 0.255 e. The third-order valence-electron chi connectivity index (χ3n) is 0. The van der Waals surface area contributed by atoms with E-state index in [1.165, 1.54) is 0 Å². The Hall–Kier alpha value is -0.440. The fourth-order valence-corrected chi connectivity index (χ4v) is 0. The van der Waals surface area contributed by atoms with Crippen molar-refractivity contribution in [2.75, 3.05) is 0 Å². The average Bonchev–Trinajstić information content (AvgIpc) is 1.00. The Balaban J connectivity index is -0.000000000333. The first-order valence-corrected chi connectivity index (χ1v) is 0.200. The fraction of sp³-hybridized carbons (Fsp3) is 0. The molecule has 0 unspecified atom stereocenters. The lowest BCUT2D eigenvalue weighted by Gasteiger charge is -1.25. The molecule has 0 atom stereocenters. The summed E-state index contributed by atoms with van der Waals surface area (Å²) < 4.78 is 0. The van der Waals surface area contributed by atoms with Crippen LogP contribution in [0.25, 0.3) is 0 Å². The zero-order valence-electron chi connectivity index (χ0n) is 3.94. The Morgan fingerprint density at radius 2 is 0.500 bits per heavy atom. The zero-order valence-corrected chi connectivity index (χ0v) is 3.94. The second kappa shape index (κ2) is 1050. The first-order chi connectivity index (χ1) is 1.00. The van der Waals surface area contributed by atoms with Gasteiger partial charge in [0, 0.05) is 0 Å². The first-order valence-electron chi connectivity index (χ1n) is 0.200. The summed E-state index contributed by atoms with van der Waals surface area (Å²) in [6.45, 7) is 0. The van der Waals surface area contributed by atoms with Crippen molar-refractivity contribution in [2.24, 2.45) is 0 Å². The van der Waals surface area contributed by atoms with Gasteiger partial charge in [-0.25, -0.2) is 0 Å². The van der Waals surface area contributed by atoms with Crippen LogP contribution in [0, 0.1) is 0 Å². The second-order valence-corrected chi connectivity index (χ2v) is 0. The van der Waals surface area contributed by atoms with Crippen LogP contribution in [0.3, 0.4) is 0 Å². The highest BCUT2D eigenvalue weighted by molar-refractivity contribution is 2.14. The highest BCUT2D eigenvalue weighted by atomic mass is 19.0. The van der Waals surface area contributed by atoms with Crippen molar-refractivity contribution in [1.82, 2.24) is 12.3 Å². The Bertz CT molecular complexity index is 12.0. The van der Waals surface area contributed by atoms with Gasteiger partial charge < -0.3 is 12.3 Å². The van der Waals surface area contributed by atoms with Crippen LogP contribution in [-0.4, -0.2) is 10.5 Å². The predicted molar refractivity (Wildman–Crippen MR) is 25.3 cm³/mol. The van der Waals surface area contributed by atoms with Crippen LogP contribution < -0.4 is 12.3 Å². The van der Waals surface area contributed by atoms with Crippen molar-refractivity contribution in [3.05, 3.63) is 0 Å². The summed E-state index contributed by atoms with van der Waals surface area (Å²) in [7, 11) is 0. The molecule has 0 heterocycles. The van der Waals surface area contributed by atoms with E-state index in [1.807, 2.05) is 0 Å². The van der Waals surface area contributed by atoms with E-state index in [9.17, 15) is 0 Å². The molecular formula is H12F4N2O2. The maximum atomic E-state index is 6.00. The summed E-state index contributed by atoms with van der Waals surface area (Å²) in [6.07, 6.45) is 0. The number of hydrogen-bond donors (Lipinski definition) is 4. The van der Waals surface area contributed by atoms with Gasteiger partial charge in [-0.05, 0) is 0 Å². The molecule has 8 heteroatoms. The van der Waals surface area contributed by atoms with Crippen molar-refractivity contribution < 1.29 is 29.3 Å². The lowest BCUT2D eigenvalue weighted by Crippen LogP contribution is -1.29. The Morgan fingerprint density at radius 1 is 0.500 bits per heavy atom. The number of hydrogen-bond acceptors (Lipinski definition) is 4. The molecule has 0 aromatic rings. The minimum Gasteiger partial charge on any atom is -0.344 e. The summed E-state index contributed by atoms with van der Waals surface area (Å²) in [5.74, 6) is 0. The minimum atomic E-state index is 0. The van der Waals surface area contributed by atoms with Crippen LogP contribution in [0.5, 0.6) is 0 Å². The van der Waals surface area contributed by atoms with Gasteiger partial charge in [-0.3, -0.25) is 29.3 Å². The largest absolute Gasteiger partial charge is 0.344 e. The summed E-state index contributed by atoms with van der Waals surface area (Å²) in [5, 5.41) is 12.0. The van der Waals surface area contributed by atoms with E-state index in [0.29, 0.717) is 0 Å². The van der Waals surface area contributed by atoms with E-state index in [4.69, 9.17) is 10.5 Å². The molecule has 0 amide bonds. The van der Waals surface area contributed by atoms with E-state index in [1.54, 1.807) is 0 Å². The summed E-state index contributed by atoms with van der Waals surface area (Å²) in [5.41, 5.74) is 0. The van der Waals surface area contributed by atoms with Crippen LogP contribution in [0.15, 0.2) is 0 Å². The molecule has 0 aliphatic rings. The molecule has 0 radical (unpaired) electrons. The van der Waals surface area contributed by atoms with Crippen LogP contribution in [-0.2, 0) is 0 Å². The van der Waals surface area contributed by atoms with Gasteiger partial charge in [0.2, 0.25) is 0 Å². The van der Waals surface area contributed by atoms with Crippen molar-refractivity contribution in [3.63, 3.8) is 0 Å². The maximum Gasteiger partial charge on any atom is -0.255 e. The molecule has 0 aliphatic heterocycles. The lowest BCUT2D eigenvalue weighted by molar-refractivity contribution is -0.176. The first kappa shape index (κ1) is 1040. The number of halogens is 4. The van der Waals surface area contributed by atoms with E-state index in [0.717, 1.165) is 0 Å². The molecule has 8 heavy (non-hydrogen) atoms. The highest BCUT2D eigenvalue weighted by Gasteiger charge is 0.745. The molecule has 0 aliphatic carbocycles. The van der Waals surface area contributed by atoms with E-state index < -0.39 is 0 Å². The van der Waals surface area contributed by atoms with Crippen LogP contribution in [0.2, 0.25) is 0 Å². The van der Waals surface area contributed by atoms with Gasteiger partial charge in [0.05, 0.1) is 0 Å². The molecule has 0 fully saturated rings. The molecule has 4 nitrogen and oxygen atoms in total. The average molecular weight is 148 g/mol. The Labute approximate surface area is 43.1 Å². The Morgan fingerprint density at radius 3 is 0.500 bits per heavy atom. The van der Waals surface area contributed by atoms with Gasteiger partial charge in [-0.15, -0.1) is 0 Å². The van der Waals surface area contributed by atoms with Crippen LogP contribution in [0.1, 0.15) is 0 Å². The fourth-order valence-electron chi connectivity index (χ4n) is 0. The SMILES string of the molecule is F.F.F.F.N.N.OO. The molecule has 0 bridgehead atoms. The van der Waals surface area contributed by atoms with E-state index >= 15 is 0 Å². The van der Waals surface area contributed by atoms with Gasteiger partial charge in [-0.2, -0.15) is 0 Å². The van der Waals surface area contributed by atoms with Crippen molar-refractivity contribution in [2.45, 2.75) is 0 Å². The second-order valence-electron chi connectivity index (χ2n) is 0. The minimum absolute atomic E-state index is 0. The molecular weight excluding hydrogens is 136 g/mol. The highest BCUT2D eigenvalue weighted by Crippen LogP contribution is 0.711. The van der Waals surface area contributed by atoms with Gasteiger partial charge in [-0.1, -0.05) is 0 Å². The molecule has 0 aromatic heterocycles. The standard InChI is InChI=1S/4FH.2H3N.H2O2/c;;;;;;1-2/h4*1H;2*1H3;1-2H. The van der Waals surface area contributed by atoms with Crippen LogP contribution in [0.4, 0.5) is 18.8 Å². The molecule has 0 saturated carbocycles. The van der Waals surface area contributed by atoms with Crippen LogP contribution >= 0.6 is 0 Å². The zero-order chi connectivity index (χ0) is 2.00. The number of rotatable bonds is 0. The lowest BCUT2D eigenvalue weighted by atomic mass is 14.0. The van der Waals surface area contributed by atoms with Gasteiger partial charge >= 0.3 is 0 Å². The van der Waals surface area contributed by atoms with Gasteiger partial charge in [0.15, 0.2) is 0 Å².